The fourth-order valence-corrected chi connectivity index (χ4v) is 4.78. The summed E-state index contributed by atoms with van der Waals surface area (Å²) in [5.41, 5.74) is 3.33. The summed E-state index contributed by atoms with van der Waals surface area (Å²) in [6.07, 6.45) is 4.64. The average molecular weight is 378 g/mol. The van der Waals surface area contributed by atoms with Crippen molar-refractivity contribution >= 4 is 11.7 Å². The highest BCUT2D eigenvalue weighted by atomic mass is 16.5. The topological polar surface area (TPSA) is 58.6 Å². The number of benzene rings is 1. The maximum absolute atomic E-state index is 12.3. The molecular formula is C22H26N4O2. The van der Waals surface area contributed by atoms with Crippen LogP contribution in [0.15, 0.2) is 24.3 Å². The third-order valence-corrected chi connectivity index (χ3v) is 6.13. The van der Waals surface area contributed by atoms with E-state index in [1.54, 1.807) is 0 Å². The van der Waals surface area contributed by atoms with Gasteiger partial charge in [-0.3, -0.25) is 4.79 Å². The van der Waals surface area contributed by atoms with Crippen molar-refractivity contribution in [1.29, 1.82) is 0 Å². The van der Waals surface area contributed by atoms with Crippen LogP contribution in [0.3, 0.4) is 0 Å². The summed E-state index contributed by atoms with van der Waals surface area (Å²) in [7, 11) is 0. The van der Waals surface area contributed by atoms with E-state index in [4.69, 9.17) is 14.7 Å². The van der Waals surface area contributed by atoms with Gasteiger partial charge in [-0.05, 0) is 37.8 Å². The summed E-state index contributed by atoms with van der Waals surface area (Å²) in [5.74, 6) is 3.05. The number of ether oxygens (including phenoxy) is 1. The van der Waals surface area contributed by atoms with E-state index in [1.807, 2.05) is 19.1 Å². The molecule has 0 saturated carbocycles. The van der Waals surface area contributed by atoms with Gasteiger partial charge in [0.2, 0.25) is 5.91 Å². The summed E-state index contributed by atoms with van der Waals surface area (Å²) in [4.78, 5) is 26.3. The molecule has 28 heavy (non-hydrogen) atoms. The van der Waals surface area contributed by atoms with Gasteiger partial charge in [0.15, 0.2) is 0 Å². The second-order valence-electron chi connectivity index (χ2n) is 8.03. The molecule has 0 radical (unpaired) electrons. The van der Waals surface area contributed by atoms with Crippen molar-refractivity contribution in [2.24, 2.45) is 0 Å². The molecule has 4 heterocycles. The Kier molecular flexibility index (Phi) is 4.41. The third-order valence-electron chi connectivity index (χ3n) is 6.13. The molecule has 6 nitrogen and oxygen atoms in total. The van der Waals surface area contributed by atoms with E-state index in [-0.39, 0.29) is 0 Å². The highest BCUT2D eigenvalue weighted by Gasteiger charge is 2.33. The molecule has 0 unspecified atom stereocenters. The van der Waals surface area contributed by atoms with Crippen molar-refractivity contribution in [3.05, 3.63) is 46.9 Å². The summed E-state index contributed by atoms with van der Waals surface area (Å²) in [6.45, 7) is 5.17. The lowest BCUT2D eigenvalue weighted by Gasteiger charge is -2.39. The number of para-hydroxylation sites is 1. The van der Waals surface area contributed by atoms with Gasteiger partial charge < -0.3 is 14.5 Å². The molecule has 5 rings (SSSR count). The van der Waals surface area contributed by atoms with Gasteiger partial charge in [-0.15, -0.1) is 0 Å². The summed E-state index contributed by atoms with van der Waals surface area (Å²) < 4.78 is 6.03. The van der Waals surface area contributed by atoms with Gasteiger partial charge in [-0.1, -0.05) is 18.2 Å². The van der Waals surface area contributed by atoms with Crippen molar-refractivity contribution in [3.63, 3.8) is 0 Å². The molecule has 2 aromatic rings. The standard InChI is InChI=1S/C22H26N4O2/c1-15-23-19-14-28-20-8-3-2-6-16(20)12-18(19)22(24-15)25-10-4-7-17(13-25)26-11-5-9-21(26)27/h2-3,6,8,17H,4-5,7,9-14H2,1H3/t17-/m0/s1. The number of rotatable bonds is 2. The minimum Gasteiger partial charge on any atom is -0.487 e. The number of hydrogen-bond acceptors (Lipinski definition) is 5. The van der Waals surface area contributed by atoms with Crippen molar-refractivity contribution in [2.45, 2.75) is 51.7 Å². The van der Waals surface area contributed by atoms with Gasteiger partial charge in [0.25, 0.3) is 0 Å². The zero-order valence-corrected chi connectivity index (χ0v) is 16.4. The normalized spacial score (nSPS) is 21.8. The number of fused-ring (bicyclic) bond motifs is 2. The van der Waals surface area contributed by atoms with Crippen LogP contribution in [0.2, 0.25) is 0 Å². The minimum atomic E-state index is 0.295. The summed E-state index contributed by atoms with van der Waals surface area (Å²) in [5, 5.41) is 0. The molecule has 2 fully saturated rings. The SMILES string of the molecule is Cc1nc2c(c(N3CCC[C@H](N4CCCC4=O)C3)n1)Cc1ccccc1OC2. The Morgan fingerprint density at radius 2 is 2.04 bits per heavy atom. The van der Waals surface area contributed by atoms with Crippen LogP contribution in [-0.4, -0.2) is 46.5 Å². The predicted molar refractivity (Wildman–Crippen MR) is 107 cm³/mol. The number of hydrogen-bond donors (Lipinski definition) is 0. The van der Waals surface area contributed by atoms with Crippen LogP contribution < -0.4 is 9.64 Å². The quantitative estimate of drug-likeness (QED) is 0.804. The first-order chi connectivity index (χ1) is 13.7. The first-order valence-corrected chi connectivity index (χ1v) is 10.3. The molecule has 2 saturated heterocycles. The Bertz CT molecular complexity index is 913. The van der Waals surface area contributed by atoms with Gasteiger partial charge in [0.1, 0.15) is 24.0 Å². The van der Waals surface area contributed by atoms with E-state index in [1.165, 1.54) is 11.1 Å². The van der Waals surface area contributed by atoms with Gasteiger partial charge in [-0.2, -0.15) is 0 Å². The maximum Gasteiger partial charge on any atom is 0.222 e. The van der Waals surface area contributed by atoms with E-state index in [0.29, 0.717) is 25.0 Å². The van der Waals surface area contributed by atoms with Gasteiger partial charge in [0, 0.05) is 44.1 Å². The van der Waals surface area contributed by atoms with Crippen molar-refractivity contribution in [2.75, 3.05) is 24.5 Å². The zero-order chi connectivity index (χ0) is 19.1. The molecule has 1 aromatic carbocycles. The zero-order valence-electron chi connectivity index (χ0n) is 16.4. The number of aryl methyl sites for hydroxylation is 1. The molecule has 0 aliphatic carbocycles. The van der Waals surface area contributed by atoms with E-state index < -0.39 is 0 Å². The Hall–Kier alpha value is -2.63. The second-order valence-corrected chi connectivity index (χ2v) is 8.03. The number of amides is 1. The lowest BCUT2D eigenvalue weighted by atomic mass is 10.0. The molecule has 146 valence electrons. The molecular weight excluding hydrogens is 352 g/mol. The average Bonchev–Trinajstić information content (AvgIpc) is 3.05. The molecule has 1 amide bonds. The van der Waals surface area contributed by atoms with Crippen molar-refractivity contribution in [1.82, 2.24) is 14.9 Å². The Morgan fingerprint density at radius 1 is 1.14 bits per heavy atom. The predicted octanol–water partition coefficient (Wildman–Crippen LogP) is 2.86. The molecule has 1 aromatic heterocycles. The monoisotopic (exact) mass is 378 g/mol. The summed E-state index contributed by atoms with van der Waals surface area (Å²) in [6, 6.07) is 8.50. The first kappa shape index (κ1) is 17.5. The van der Waals surface area contributed by atoms with Gasteiger partial charge in [0.05, 0.1) is 5.69 Å². The fraction of sp³-hybridized carbons (Fsp3) is 0.500. The summed E-state index contributed by atoms with van der Waals surface area (Å²) >= 11 is 0. The Morgan fingerprint density at radius 3 is 2.89 bits per heavy atom. The van der Waals surface area contributed by atoms with Gasteiger partial charge >= 0.3 is 0 Å². The molecule has 0 bridgehead atoms. The van der Waals surface area contributed by atoms with E-state index in [2.05, 4.69) is 21.9 Å². The molecule has 3 aliphatic rings. The molecule has 0 spiro atoms. The number of piperidine rings is 1. The highest BCUT2D eigenvalue weighted by Crippen LogP contribution is 2.33. The van der Waals surface area contributed by atoms with Crippen LogP contribution in [0.25, 0.3) is 0 Å². The number of carbonyl (C=O) groups is 1. The van der Waals surface area contributed by atoms with E-state index in [9.17, 15) is 4.79 Å². The molecule has 1 atom stereocenters. The smallest absolute Gasteiger partial charge is 0.222 e. The van der Waals surface area contributed by atoms with E-state index >= 15 is 0 Å². The van der Waals surface area contributed by atoms with Crippen LogP contribution in [0.5, 0.6) is 5.75 Å². The molecule has 6 heteroatoms. The minimum absolute atomic E-state index is 0.295. The maximum atomic E-state index is 12.3. The third kappa shape index (κ3) is 3.11. The van der Waals surface area contributed by atoms with Crippen LogP contribution in [0.4, 0.5) is 5.82 Å². The lowest BCUT2D eigenvalue weighted by Crippen LogP contribution is -2.49. The Labute approximate surface area is 165 Å². The van der Waals surface area contributed by atoms with Crippen LogP contribution in [-0.2, 0) is 17.8 Å². The molecule has 0 N–H and O–H groups in total. The fourth-order valence-electron chi connectivity index (χ4n) is 4.78. The molecule has 3 aliphatic heterocycles. The number of aromatic nitrogens is 2. The highest BCUT2D eigenvalue weighted by molar-refractivity contribution is 5.78. The van der Waals surface area contributed by atoms with Crippen LogP contribution in [0, 0.1) is 6.92 Å². The number of nitrogens with zero attached hydrogens (tertiary/aromatic N) is 4. The van der Waals surface area contributed by atoms with Crippen molar-refractivity contribution in [3.8, 4) is 5.75 Å². The largest absolute Gasteiger partial charge is 0.487 e. The lowest BCUT2D eigenvalue weighted by molar-refractivity contribution is -0.129. The Balaban J connectivity index is 1.49. The number of carbonyl (C=O) groups excluding carboxylic acids is 1. The number of likely N-dealkylation sites (tertiary alicyclic amines) is 1. The first-order valence-electron chi connectivity index (χ1n) is 10.3. The van der Waals surface area contributed by atoms with Crippen LogP contribution in [0.1, 0.15) is 48.3 Å². The van der Waals surface area contributed by atoms with Crippen molar-refractivity contribution < 1.29 is 9.53 Å². The van der Waals surface area contributed by atoms with E-state index in [0.717, 1.165) is 68.4 Å². The second kappa shape index (κ2) is 7.08. The van der Waals surface area contributed by atoms with Crippen LogP contribution >= 0.6 is 0 Å². The number of anilines is 1. The van der Waals surface area contributed by atoms with Gasteiger partial charge in [-0.25, -0.2) is 9.97 Å².